The molecular weight excluding hydrogens is 444 g/mol. The zero-order valence-corrected chi connectivity index (χ0v) is 20.5. The molecule has 2 aliphatic rings. The van der Waals surface area contributed by atoms with Crippen LogP contribution in [0, 0.1) is 23.7 Å². The van der Waals surface area contributed by atoms with E-state index < -0.39 is 28.3 Å². The summed E-state index contributed by atoms with van der Waals surface area (Å²) in [6.07, 6.45) is 1.42. The molecule has 0 radical (unpaired) electrons. The molecule has 1 aliphatic carbocycles. The second-order valence-electron chi connectivity index (χ2n) is 9.27. The molecule has 0 spiro atoms. The van der Waals surface area contributed by atoms with Gasteiger partial charge in [0.25, 0.3) is 0 Å². The molecule has 0 aromatic heterocycles. The minimum Gasteiger partial charge on any atom is -0.487 e. The molecule has 2 N–H and O–H groups in total. The Morgan fingerprint density at radius 1 is 1.33 bits per heavy atom. The Morgan fingerprint density at radius 3 is 2.64 bits per heavy atom. The minimum atomic E-state index is -3.94. The van der Waals surface area contributed by atoms with Crippen LogP contribution in [0.5, 0.6) is 5.75 Å². The van der Waals surface area contributed by atoms with E-state index in [0.717, 1.165) is 12.8 Å². The zero-order valence-electron chi connectivity index (χ0n) is 19.7. The lowest BCUT2D eigenvalue weighted by Gasteiger charge is -2.37. The highest BCUT2D eigenvalue weighted by Crippen LogP contribution is 2.35. The summed E-state index contributed by atoms with van der Waals surface area (Å²) >= 11 is 0. The molecule has 0 saturated heterocycles. The minimum absolute atomic E-state index is 0.00532. The van der Waals surface area contributed by atoms with Crippen LogP contribution in [-0.2, 0) is 14.8 Å². The number of ether oxygens (including phenoxy) is 1. The van der Waals surface area contributed by atoms with Crippen molar-refractivity contribution >= 4 is 15.9 Å². The molecule has 9 heteroatoms. The summed E-state index contributed by atoms with van der Waals surface area (Å²) in [6, 6.07) is 3.96. The summed E-state index contributed by atoms with van der Waals surface area (Å²) in [5.41, 5.74) is 0.511. The summed E-state index contributed by atoms with van der Waals surface area (Å²) in [5.74, 6) is 5.91. The van der Waals surface area contributed by atoms with Crippen molar-refractivity contribution in [2.45, 2.75) is 63.2 Å². The van der Waals surface area contributed by atoms with Crippen LogP contribution in [0.15, 0.2) is 23.1 Å². The third-order valence-electron chi connectivity index (χ3n) is 6.13. The van der Waals surface area contributed by atoms with E-state index in [4.69, 9.17) is 4.74 Å². The van der Waals surface area contributed by atoms with Gasteiger partial charge in [-0.15, -0.1) is 0 Å². The van der Waals surface area contributed by atoms with E-state index in [1.165, 1.54) is 10.4 Å². The van der Waals surface area contributed by atoms with Gasteiger partial charge in [0, 0.05) is 37.5 Å². The van der Waals surface area contributed by atoms with E-state index in [1.807, 2.05) is 6.92 Å². The van der Waals surface area contributed by atoms with Crippen molar-refractivity contribution in [3.8, 4) is 17.6 Å². The zero-order chi connectivity index (χ0) is 24.3. The molecule has 0 bridgehead atoms. The molecule has 1 fully saturated rings. The van der Waals surface area contributed by atoms with Gasteiger partial charge in [-0.1, -0.05) is 18.8 Å². The fourth-order valence-corrected chi connectivity index (χ4v) is 5.63. The van der Waals surface area contributed by atoms with E-state index >= 15 is 0 Å². The van der Waals surface area contributed by atoms with Crippen molar-refractivity contribution in [2.24, 2.45) is 11.8 Å². The van der Waals surface area contributed by atoms with Crippen molar-refractivity contribution in [2.75, 3.05) is 26.7 Å². The van der Waals surface area contributed by atoms with Crippen molar-refractivity contribution in [1.82, 2.24) is 9.21 Å². The standard InChI is InChI=1S/C24H34N2O6S/c1-16-13-26(17(2)15-27)33(30,31)23-10-9-19(6-5-18(3)28)11-21(23)32-22(16)14-25(4)24(29)12-20-7-8-20/h9-11,16-18,20,22,27-28H,7-8,12-15H2,1-4H3/t16-,17-,18+,22-/m0/s1. The number of aliphatic hydroxyl groups is 2. The first-order valence-electron chi connectivity index (χ1n) is 11.4. The number of likely N-dealkylation sites (N-methyl/N-ethyl adjacent to an activating group) is 1. The van der Waals surface area contributed by atoms with Gasteiger partial charge in [0.2, 0.25) is 15.9 Å². The number of amides is 1. The Hall–Kier alpha value is -2.12. The number of hydrogen-bond acceptors (Lipinski definition) is 6. The molecule has 1 aliphatic heterocycles. The molecule has 182 valence electrons. The van der Waals surface area contributed by atoms with Gasteiger partial charge in [-0.05, 0) is 50.8 Å². The van der Waals surface area contributed by atoms with Crippen LogP contribution in [-0.4, -0.2) is 78.7 Å². The van der Waals surface area contributed by atoms with Gasteiger partial charge in [-0.25, -0.2) is 8.42 Å². The van der Waals surface area contributed by atoms with E-state index in [1.54, 1.807) is 37.9 Å². The van der Waals surface area contributed by atoms with Gasteiger partial charge in [-0.3, -0.25) is 4.79 Å². The van der Waals surface area contributed by atoms with Crippen molar-refractivity contribution in [3.05, 3.63) is 23.8 Å². The maximum atomic E-state index is 13.5. The van der Waals surface area contributed by atoms with E-state index in [0.29, 0.717) is 24.4 Å². The lowest BCUT2D eigenvalue weighted by Crippen LogP contribution is -2.50. The third-order valence-corrected chi connectivity index (χ3v) is 8.15. The Balaban J connectivity index is 1.99. The second-order valence-corrected chi connectivity index (χ2v) is 11.1. The SMILES string of the molecule is C[C@@H](O)C#Cc1ccc2c(c1)O[C@@H](CN(C)C(=O)CC1CC1)[C@@H](C)CN([C@@H](C)CO)S2(=O)=O. The van der Waals surface area contributed by atoms with Gasteiger partial charge in [0.05, 0.1) is 13.2 Å². The first kappa shape index (κ1) is 25.5. The lowest BCUT2D eigenvalue weighted by atomic mass is 10.0. The largest absolute Gasteiger partial charge is 0.487 e. The van der Waals surface area contributed by atoms with Crippen LogP contribution in [0.2, 0.25) is 0 Å². The van der Waals surface area contributed by atoms with Crippen molar-refractivity contribution in [3.63, 3.8) is 0 Å². The molecule has 1 amide bonds. The normalized spacial score (nSPS) is 24.2. The van der Waals surface area contributed by atoms with Gasteiger partial charge in [0.15, 0.2) is 0 Å². The first-order valence-corrected chi connectivity index (χ1v) is 12.8. The molecule has 1 aromatic rings. The second kappa shape index (κ2) is 10.4. The molecule has 1 aromatic carbocycles. The van der Waals surface area contributed by atoms with Gasteiger partial charge < -0.3 is 19.8 Å². The van der Waals surface area contributed by atoms with Crippen LogP contribution in [0.3, 0.4) is 0 Å². The van der Waals surface area contributed by atoms with Gasteiger partial charge in [-0.2, -0.15) is 4.31 Å². The summed E-state index contributed by atoms with van der Waals surface area (Å²) in [7, 11) is -2.19. The average molecular weight is 479 g/mol. The molecule has 0 unspecified atom stereocenters. The molecular formula is C24H34N2O6S. The van der Waals surface area contributed by atoms with Gasteiger partial charge in [0.1, 0.15) is 22.9 Å². The van der Waals surface area contributed by atoms with Crippen LogP contribution in [0.25, 0.3) is 0 Å². The number of sulfonamides is 1. The third kappa shape index (κ3) is 6.27. The number of rotatable bonds is 6. The Labute approximate surface area is 196 Å². The fraction of sp³-hybridized carbons (Fsp3) is 0.625. The van der Waals surface area contributed by atoms with E-state index in [2.05, 4.69) is 11.8 Å². The highest BCUT2D eigenvalue weighted by molar-refractivity contribution is 7.89. The average Bonchev–Trinajstić information content (AvgIpc) is 3.57. The topological polar surface area (TPSA) is 107 Å². The monoisotopic (exact) mass is 478 g/mol. The molecule has 8 nitrogen and oxygen atoms in total. The highest BCUT2D eigenvalue weighted by Gasteiger charge is 2.38. The summed E-state index contributed by atoms with van der Waals surface area (Å²) in [4.78, 5) is 14.2. The number of fused-ring (bicyclic) bond motifs is 1. The Bertz CT molecular complexity index is 1030. The molecule has 3 rings (SSSR count). The number of nitrogens with zero attached hydrogens (tertiary/aromatic N) is 2. The Kier molecular flexibility index (Phi) is 8.06. The summed E-state index contributed by atoms with van der Waals surface area (Å²) in [6.45, 7) is 5.25. The van der Waals surface area contributed by atoms with Crippen LogP contribution in [0.4, 0.5) is 0 Å². The predicted octanol–water partition coefficient (Wildman–Crippen LogP) is 1.45. The maximum absolute atomic E-state index is 13.5. The summed E-state index contributed by atoms with van der Waals surface area (Å²) in [5, 5.41) is 19.2. The highest BCUT2D eigenvalue weighted by atomic mass is 32.2. The lowest BCUT2D eigenvalue weighted by molar-refractivity contribution is -0.131. The summed E-state index contributed by atoms with van der Waals surface area (Å²) < 4.78 is 34.5. The fourth-order valence-electron chi connectivity index (χ4n) is 3.81. The quantitative estimate of drug-likeness (QED) is 0.600. The van der Waals surface area contributed by atoms with Crippen molar-refractivity contribution < 1.29 is 28.2 Å². The number of hydrogen-bond donors (Lipinski definition) is 2. The van der Waals surface area contributed by atoms with E-state index in [9.17, 15) is 23.4 Å². The molecule has 33 heavy (non-hydrogen) atoms. The Morgan fingerprint density at radius 2 is 2.03 bits per heavy atom. The number of benzene rings is 1. The smallest absolute Gasteiger partial charge is 0.247 e. The predicted molar refractivity (Wildman–Crippen MR) is 124 cm³/mol. The maximum Gasteiger partial charge on any atom is 0.247 e. The van der Waals surface area contributed by atoms with Crippen molar-refractivity contribution in [1.29, 1.82) is 0 Å². The number of carbonyl (C=O) groups excluding carboxylic acids is 1. The number of aliphatic hydroxyl groups excluding tert-OH is 2. The van der Waals surface area contributed by atoms with Crippen LogP contribution < -0.4 is 4.74 Å². The van der Waals surface area contributed by atoms with E-state index in [-0.39, 0.29) is 35.6 Å². The molecule has 1 saturated carbocycles. The van der Waals surface area contributed by atoms with Crippen LogP contribution in [0.1, 0.15) is 45.6 Å². The number of carbonyl (C=O) groups is 1. The van der Waals surface area contributed by atoms with Crippen LogP contribution >= 0.6 is 0 Å². The molecule has 4 atom stereocenters. The molecule has 1 heterocycles. The first-order chi connectivity index (χ1) is 15.5. The van der Waals surface area contributed by atoms with Gasteiger partial charge >= 0.3 is 0 Å².